The Hall–Kier alpha value is -0.810. The summed E-state index contributed by atoms with van der Waals surface area (Å²) in [6, 6.07) is 5.28. The summed E-state index contributed by atoms with van der Waals surface area (Å²) < 4.78 is 14.5. The minimum absolute atomic E-state index is 0.145. The second kappa shape index (κ2) is 13.2. The molecule has 0 unspecified atom stereocenters. The van der Waals surface area contributed by atoms with Gasteiger partial charge in [-0.05, 0) is 96.8 Å². The van der Waals surface area contributed by atoms with Crippen LogP contribution in [0.3, 0.4) is 0 Å². The molecule has 178 valence electrons. The summed E-state index contributed by atoms with van der Waals surface area (Å²) in [7, 11) is 0. The largest absolute Gasteiger partial charge is 0.206 e. The van der Waals surface area contributed by atoms with Crippen LogP contribution < -0.4 is 0 Å². The molecule has 0 nitrogen and oxygen atoms in total. The number of hydrogen-bond donors (Lipinski definition) is 0. The smallest absolute Gasteiger partial charge is 0.138 e. The Morgan fingerprint density at radius 2 is 1.56 bits per heavy atom. The van der Waals surface area contributed by atoms with E-state index in [0.29, 0.717) is 4.47 Å². The van der Waals surface area contributed by atoms with Crippen LogP contribution in [0.2, 0.25) is 0 Å². The fraction of sp³-hybridized carbons (Fsp3) is 0.733. The van der Waals surface area contributed by atoms with E-state index in [0.717, 1.165) is 23.3 Å². The van der Waals surface area contributed by atoms with Crippen LogP contribution in [-0.2, 0) is 0 Å². The van der Waals surface area contributed by atoms with Gasteiger partial charge in [0.05, 0.1) is 4.47 Å². The highest BCUT2D eigenvalue weighted by atomic mass is 79.9. The average molecular weight is 504 g/mol. The third-order valence-corrected chi connectivity index (χ3v) is 9.05. The number of unbranched alkanes of at least 4 members (excludes halogenated alkanes) is 4. The van der Waals surface area contributed by atoms with Crippen molar-refractivity contribution in [1.29, 1.82) is 0 Å². The summed E-state index contributed by atoms with van der Waals surface area (Å²) in [5, 5.41) is 0. The Kier molecular flexibility index (Phi) is 10.6. The van der Waals surface area contributed by atoms with Crippen molar-refractivity contribution in [3.05, 3.63) is 34.1 Å². The molecule has 0 aromatic heterocycles. The maximum absolute atomic E-state index is 13.9. The predicted octanol–water partition coefficient (Wildman–Crippen LogP) is 10.1. The number of hydrogen-bond acceptors (Lipinski definition) is 0. The van der Waals surface area contributed by atoms with Crippen molar-refractivity contribution < 1.29 is 4.39 Å². The topological polar surface area (TPSA) is 0 Å². The third-order valence-electron chi connectivity index (χ3n) is 8.41. The molecule has 1 aromatic carbocycles. The van der Waals surface area contributed by atoms with Crippen LogP contribution in [0, 0.1) is 40.8 Å². The lowest BCUT2D eigenvalue weighted by Gasteiger charge is -2.41. The summed E-state index contributed by atoms with van der Waals surface area (Å²) in [4.78, 5) is 0. The van der Waals surface area contributed by atoms with Crippen molar-refractivity contribution in [2.75, 3.05) is 0 Å². The van der Waals surface area contributed by atoms with Gasteiger partial charge in [0, 0.05) is 11.0 Å². The van der Waals surface area contributed by atoms with Gasteiger partial charge >= 0.3 is 0 Å². The fourth-order valence-electron chi connectivity index (χ4n) is 6.22. The molecule has 2 aliphatic carbocycles. The second-order valence-corrected chi connectivity index (χ2v) is 11.6. The molecule has 32 heavy (non-hydrogen) atoms. The van der Waals surface area contributed by atoms with E-state index in [9.17, 15) is 4.39 Å². The Balaban J connectivity index is 1.57. The molecular weight excluding hydrogens is 459 g/mol. The first-order valence-corrected chi connectivity index (χ1v) is 14.3. The zero-order valence-corrected chi connectivity index (χ0v) is 22.1. The third kappa shape index (κ3) is 7.62. The number of halogens is 2. The van der Waals surface area contributed by atoms with Gasteiger partial charge in [-0.1, -0.05) is 83.5 Å². The molecule has 0 heterocycles. The molecule has 0 radical (unpaired) electrons. The first-order chi connectivity index (χ1) is 15.5. The van der Waals surface area contributed by atoms with Crippen molar-refractivity contribution in [2.24, 2.45) is 23.2 Å². The van der Waals surface area contributed by atoms with E-state index in [1.165, 1.54) is 103 Å². The van der Waals surface area contributed by atoms with E-state index in [4.69, 9.17) is 0 Å². The first-order valence-electron chi connectivity index (χ1n) is 13.5. The molecule has 0 amide bonds. The van der Waals surface area contributed by atoms with Gasteiger partial charge in [0.15, 0.2) is 0 Å². The van der Waals surface area contributed by atoms with Crippen LogP contribution >= 0.6 is 15.9 Å². The van der Waals surface area contributed by atoms with E-state index < -0.39 is 0 Å². The van der Waals surface area contributed by atoms with E-state index in [1.807, 2.05) is 6.07 Å². The van der Waals surface area contributed by atoms with Crippen molar-refractivity contribution in [1.82, 2.24) is 0 Å². The lowest BCUT2D eigenvalue weighted by atomic mass is 9.63. The van der Waals surface area contributed by atoms with Gasteiger partial charge in [0.25, 0.3) is 0 Å². The predicted molar refractivity (Wildman–Crippen MR) is 139 cm³/mol. The zero-order valence-electron chi connectivity index (χ0n) is 20.5. The molecule has 2 saturated carbocycles. The Morgan fingerprint density at radius 3 is 2.22 bits per heavy atom. The summed E-state index contributed by atoms with van der Waals surface area (Å²) in [5.74, 6) is 9.71. The van der Waals surface area contributed by atoms with Crippen LogP contribution in [0.25, 0.3) is 0 Å². The van der Waals surface area contributed by atoms with Gasteiger partial charge in [0.1, 0.15) is 5.82 Å². The van der Waals surface area contributed by atoms with Gasteiger partial charge < -0.3 is 0 Å². The normalized spacial score (nSPS) is 28.2. The standard InChI is InChI=1S/C30H44BrF/c1-3-5-7-9-24-10-13-26(14-11-24)27-17-21-30(22-18-27,19-8-6-4-2)20-16-25-12-15-28(31)29(32)23-25/h12,15,23-24,26-27H,3-11,13-14,17-19,21-22H2,1-2H3. The van der Waals surface area contributed by atoms with E-state index >= 15 is 0 Å². The molecule has 2 heteroatoms. The first kappa shape index (κ1) is 25.8. The van der Waals surface area contributed by atoms with E-state index in [2.05, 4.69) is 41.6 Å². The molecule has 0 aliphatic heterocycles. The Morgan fingerprint density at radius 1 is 0.906 bits per heavy atom. The Bertz CT molecular complexity index is 742. The van der Waals surface area contributed by atoms with Crippen LogP contribution in [-0.4, -0.2) is 0 Å². The van der Waals surface area contributed by atoms with E-state index in [1.54, 1.807) is 12.1 Å². The molecule has 2 aliphatic rings. The highest BCUT2D eigenvalue weighted by Gasteiger charge is 2.37. The van der Waals surface area contributed by atoms with Gasteiger partial charge in [-0.25, -0.2) is 4.39 Å². The highest BCUT2D eigenvalue weighted by molar-refractivity contribution is 9.10. The van der Waals surface area contributed by atoms with E-state index in [-0.39, 0.29) is 11.2 Å². The highest BCUT2D eigenvalue weighted by Crippen LogP contribution is 2.48. The molecule has 0 spiro atoms. The maximum Gasteiger partial charge on any atom is 0.138 e. The van der Waals surface area contributed by atoms with Gasteiger partial charge in [-0.3, -0.25) is 0 Å². The van der Waals surface area contributed by atoms with Crippen LogP contribution in [0.4, 0.5) is 4.39 Å². The van der Waals surface area contributed by atoms with Gasteiger partial charge in [-0.2, -0.15) is 0 Å². The summed E-state index contributed by atoms with van der Waals surface area (Å²) in [6.07, 6.45) is 21.8. The minimum atomic E-state index is -0.217. The second-order valence-electron chi connectivity index (χ2n) is 10.7. The molecule has 0 saturated heterocycles. The van der Waals surface area contributed by atoms with Crippen molar-refractivity contribution in [3.63, 3.8) is 0 Å². The monoisotopic (exact) mass is 502 g/mol. The molecular formula is C30H44BrF. The molecule has 0 N–H and O–H groups in total. The maximum atomic E-state index is 13.9. The fourth-order valence-corrected chi connectivity index (χ4v) is 6.47. The minimum Gasteiger partial charge on any atom is -0.206 e. The Labute approximate surface area is 205 Å². The average Bonchev–Trinajstić information content (AvgIpc) is 2.81. The quantitative estimate of drug-likeness (QED) is 0.232. The molecule has 0 atom stereocenters. The van der Waals surface area contributed by atoms with Crippen LogP contribution in [0.1, 0.15) is 122 Å². The molecule has 0 bridgehead atoms. The molecule has 2 fully saturated rings. The summed E-state index contributed by atoms with van der Waals surface area (Å²) in [5.41, 5.74) is 0.955. The van der Waals surface area contributed by atoms with Crippen molar-refractivity contribution in [3.8, 4) is 11.8 Å². The van der Waals surface area contributed by atoms with Gasteiger partial charge in [0.2, 0.25) is 0 Å². The van der Waals surface area contributed by atoms with Crippen molar-refractivity contribution >= 4 is 15.9 Å². The van der Waals surface area contributed by atoms with Crippen LogP contribution in [0.5, 0.6) is 0 Å². The summed E-state index contributed by atoms with van der Waals surface area (Å²) in [6.45, 7) is 4.59. The molecule has 1 aromatic rings. The van der Waals surface area contributed by atoms with Crippen molar-refractivity contribution in [2.45, 2.75) is 117 Å². The van der Waals surface area contributed by atoms with Crippen LogP contribution in [0.15, 0.2) is 22.7 Å². The van der Waals surface area contributed by atoms with Gasteiger partial charge in [-0.15, -0.1) is 0 Å². The molecule has 3 rings (SSSR count). The lowest BCUT2D eigenvalue weighted by molar-refractivity contribution is 0.115. The zero-order chi connectivity index (χ0) is 22.8. The number of benzene rings is 1. The lowest BCUT2D eigenvalue weighted by Crippen LogP contribution is -2.31. The summed E-state index contributed by atoms with van der Waals surface area (Å²) >= 11 is 3.25. The number of rotatable bonds is 9. The SMILES string of the molecule is CCCCCC1CCC(C2CCC(C#Cc3ccc(Br)c(F)c3)(CCCCC)CC2)CC1.